The molecule has 3 aromatic rings. The first-order valence-corrected chi connectivity index (χ1v) is 14.8. The van der Waals surface area contributed by atoms with Gasteiger partial charge in [-0.05, 0) is 38.8 Å². The number of alkyl halides is 2. The number of carbonyl (C=O) groups excluding carboxylic acids is 1. The molecule has 1 aliphatic heterocycles. The first-order chi connectivity index (χ1) is 18.4. The lowest BCUT2D eigenvalue weighted by Crippen LogP contribution is -2.59. The summed E-state index contributed by atoms with van der Waals surface area (Å²) in [7, 11) is -4.13. The molecular weight excluding hydrogens is 550 g/mol. The Labute approximate surface area is 228 Å². The van der Waals surface area contributed by atoms with Crippen LogP contribution in [0.1, 0.15) is 52.0 Å². The molecule has 3 heterocycles. The molecule has 0 unspecified atom stereocenters. The van der Waals surface area contributed by atoms with Gasteiger partial charge in [0.15, 0.2) is 5.01 Å². The molecule has 1 N–H and O–H groups in total. The fourth-order valence-electron chi connectivity index (χ4n) is 4.98. The molecule has 5 rings (SSSR count). The van der Waals surface area contributed by atoms with Crippen LogP contribution in [0.3, 0.4) is 0 Å². The summed E-state index contributed by atoms with van der Waals surface area (Å²) in [4.78, 5) is 16.6. The number of aromatic nitrogens is 4. The van der Waals surface area contributed by atoms with E-state index in [4.69, 9.17) is 0 Å². The molecule has 208 valence electrons. The predicted molar refractivity (Wildman–Crippen MR) is 140 cm³/mol. The number of fused-ring (bicyclic) bond motifs is 1. The second-order valence-corrected chi connectivity index (χ2v) is 13.1. The summed E-state index contributed by atoms with van der Waals surface area (Å²) in [5.41, 5.74) is -0.228. The zero-order valence-corrected chi connectivity index (χ0v) is 23.4. The zero-order chi connectivity index (χ0) is 28.3. The van der Waals surface area contributed by atoms with Gasteiger partial charge < -0.3 is 9.80 Å². The molecule has 0 radical (unpaired) electrons. The molecule has 39 heavy (non-hydrogen) atoms. The summed E-state index contributed by atoms with van der Waals surface area (Å²) in [6, 6.07) is 4.66. The Bertz CT molecular complexity index is 1560. The maximum absolute atomic E-state index is 13.4. The third-order valence-electron chi connectivity index (χ3n) is 7.05. The van der Waals surface area contributed by atoms with Gasteiger partial charge >= 0.3 is 0 Å². The van der Waals surface area contributed by atoms with Crippen molar-refractivity contribution >= 4 is 43.9 Å². The maximum Gasteiger partial charge on any atom is 0.291 e. The fourth-order valence-corrected chi connectivity index (χ4v) is 7.07. The van der Waals surface area contributed by atoms with Crippen molar-refractivity contribution in [1.29, 1.82) is 5.26 Å². The van der Waals surface area contributed by atoms with Crippen LogP contribution in [-0.4, -0.2) is 69.9 Å². The van der Waals surface area contributed by atoms with Crippen molar-refractivity contribution in [2.75, 3.05) is 18.0 Å². The number of halogens is 2. The van der Waals surface area contributed by atoms with Crippen molar-refractivity contribution in [2.45, 2.75) is 69.5 Å². The minimum Gasteiger partial charge on any atom is -0.367 e. The summed E-state index contributed by atoms with van der Waals surface area (Å²) in [5, 5.41) is 21.4. The highest BCUT2D eigenvalue weighted by Gasteiger charge is 2.47. The lowest BCUT2D eigenvalue weighted by Gasteiger charge is -2.46. The van der Waals surface area contributed by atoms with Crippen molar-refractivity contribution < 1.29 is 22.0 Å². The SMILES string of the molecule is CC(C)C(=O)N1[C@H](C)CN(c2cc(S(=O)(=O)NC3(C#N)CC3)cc3c2cnn3-c2nnc(C(F)F)s2)C[C@@H]1C. The van der Waals surface area contributed by atoms with Gasteiger partial charge in [0.2, 0.25) is 21.1 Å². The quantitative estimate of drug-likeness (QED) is 0.451. The van der Waals surface area contributed by atoms with Gasteiger partial charge in [-0.3, -0.25) is 4.79 Å². The van der Waals surface area contributed by atoms with E-state index in [0.29, 0.717) is 53.9 Å². The fraction of sp³-hybridized carbons (Fsp3) is 0.542. The highest BCUT2D eigenvalue weighted by molar-refractivity contribution is 7.89. The number of sulfonamides is 1. The Morgan fingerprint density at radius 2 is 1.87 bits per heavy atom. The third kappa shape index (κ3) is 4.96. The summed E-state index contributed by atoms with van der Waals surface area (Å²) in [5.74, 6) is -0.115. The van der Waals surface area contributed by atoms with Crippen LogP contribution in [0.15, 0.2) is 23.2 Å². The van der Waals surface area contributed by atoms with E-state index < -0.39 is 27.0 Å². The number of nitrogens with one attached hydrogen (secondary N) is 1. The Morgan fingerprint density at radius 3 is 2.41 bits per heavy atom. The van der Waals surface area contributed by atoms with Crippen LogP contribution in [0.4, 0.5) is 14.5 Å². The molecule has 1 saturated heterocycles. The van der Waals surface area contributed by atoms with Crippen molar-refractivity contribution in [2.24, 2.45) is 5.92 Å². The number of hydrogen-bond donors (Lipinski definition) is 1. The first-order valence-electron chi connectivity index (χ1n) is 12.5. The smallest absolute Gasteiger partial charge is 0.291 e. The third-order valence-corrected chi connectivity index (χ3v) is 9.47. The molecular formula is C24H28F2N8O3S2. The minimum absolute atomic E-state index is 0.0467. The van der Waals surface area contributed by atoms with Crippen LogP contribution in [0.2, 0.25) is 0 Å². The Balaban J connectivity index is 1.62. The van der Waals surface area contributed by atoms with Crippen molar-refractivity contribution in [3.05, 3.63) is 23.3 Å². The average molecular weight is 579 g/mol. The topological polar surface area (TPSA) is 137 Å². The van der Waals surface area contributed by atoms with E-state index in [9.17, 15) is 27.3 Å². The molecule has 11 nitrogen and oxygen atoms in total. The van der Waals surface area contributed by atoms with Crippen LogP contribution in [0, 0.1) is 17.2 Å². The van der Waals surface area contributed by atoms with E-state index in [-0.39, 0.29) is 33.9 Å². The number of piperazine rings is 1. The summed E-state index contributed by atoms with van der Waals surface area (Å²) in [6.07, 6.45) is -0.436. The van der Waals surface area contributed by atoms with Gasteiger partial charge in [-0.1, -0.05) is 25.2 Å². The molecule has 1 aliphatic carbocycles. The maximum atomic E-state index is 13.4. The van der Waals surface area contributed by atoms with Crippen LogP contribution in [0.25, 0.3) is 16.0 Å². The van der Waals surface area contributed by atoms with Gasteiger partial charge in [0, 0.05) is 42.2 Å². The lowest BCUT2D eigenvalue weighted by molar-refractivity contribution is -0.139. The number of nitrogens with zero attached hydrogens (tertiary/aromatic N) is 7. The van der Waals surface area contributed by atoms with Crippen LogP contribution < -0.4 is 9.62 Å². The van der Waals surface area contributed by atoms with E-state index in [1.54, 1.807) is 0 Å². The zero-order valence-electron chi connectivity index (χ0n) is 21.8. The minimum atomic E-state index is -4.13. The van der Waals surface area contributed by atoms with E-state index >= 15 is 0 Å². The molecule has 2 fully saturated rings. The number of amides is 1. The lowest BCUT2D eigenvalue weighted by atomic mass is 10.0. The molecule has 2 atom stereocenters. The largest absolute Gasteiger partial charge is 0.367 e. The van der Waals surface area contributed by atoms with Gasteiger partial charge in [0.25, 0.3) is 6.43 Å². The van der Waals surface area contributed by atoms with E-state index in [2.05, 4.69) is 20.0 Å². The normalized spacial score (nSPS) is 21.1. The monoisotopic (exact) mass is 578 g/mol. The van der Waals surface area contributed by atoms with E-state index in [0.717, 1.165) is 0 Å². The highest BCUT2D eigenvalue weighted by Crippen LogP contribution is 2.39. The van der Waals surface area contributed by atoms with Crippen LogP contribution in [-0.2, 0) is 14.8 Å². The molecule has 1 saturated carbocycles. The van der Waals surface area contributed by atoms with E-state index in [1.807, 2.05) is 43.6 Å². The number of benzene rings is 1. The first kappa shape index (κ1) is 27.4. The number of hydrogen-bond acceptors (Lipinski definition) is 9. The summed E-state index contributed by atoms with van der Waals surface area (Å²) >= 11 is 0.661. The second-order valence-electron chi connectivity index (χ2n) is 10.5. The van der Waals surface area contributed by atoms with Crippen molar-refractivity contribution in [3.8, 4) is 11.2 Å². The van der Waals surface area contributed by atoms with Crippen molar-refractivity contribution in [3.63, 3.8) is 0 Å². The molecule has 1 aromatic carbocycles. The van der Waals surface area contributed by atoms with Gasteiger partial charge in [-0.25, -0.2) is 21.9 Å². The standard InChI is InChI=1S/C24H28F2N8O3S2/c1-13(2)22(35)33-14(3)10-32(11-15(33)4)18-7-16(39(36,37)31-24(12-27)5-6-24)8-19-17(18)9-28-34(19)23-30-29-21(38-23)20(25)26/h7-9,13-15,20,31H,5-6,10-11H2,1-4H3/t14-,15+. The molecule has 2 aromatic heterocycles. The Morgan fingerprint density at radius 1 is 1.21 bits per heavy atom. The molecule has 0 spiro atoms. The van der Waals surface area contributed by atoms with Crippen LogP contribution in [0.5, 0.6) is 0 Å². The van der Waals surface area contributed by atoms with Gasteiger partial charge in [0.05, 0.1) is 22.7 Å². The Hall–Kier alpha value is -3.22. The molecule has 0 bridgehead atoms. The second kappa shape index (κ2) is 9.76. The number of nitriles is 1. The number of rotatable bonds is 7. The molecule has 1 amide bonds. The molecule has 15 heteroatoms. The van der Waals surface area contributed by atoms with E-state index in [1.165, 1.54) is 23.0 Å². The van der Waals surface area contributed by atoms with Gasteiger partial charge in [-0.15, -0.1) is 10.2 Å². The molecule has 2 aliphatic rings. The van der Waals surface area contributed by atoms with Gasteiger partial charge in [-0.2, -0.15) is 15.1 Å². The summed E-state index contributed by atoms with van der Waals surface area (Å²) < 4.78 is 57.1. The van der Waals surface area contributed by atoms with Crippen LogP contribution >= 0.6 is 11.3 Å². The highest BCUT2D eigenvalue weighted by atomic mass is 32.2. The Kier molecular flexibility index (Phi) is 6.84. The number of anilines is 1. The van der Waals surface area contributed by atoms with Crippen molar-refractivity contribution in [1.82, 2.24) is 29.6 Å². The van der Waals surface area contributed by atoms with Gasteiger partial charge in [0.1, 0.15) is 5.54 Å². The average Bonchev–Trinajstić information content (AvgIpc) is 3.26. The predicted octanol–water partition coefficient (Wildman–Crippen LogP) is 3.23. The summed E-state index contributed by atoms with van der Waals surface area (Å²) in [6.45, 7) is 8.49. The number of carbonyl (C=O) groups is 1.